The fraction of sp³-hybridized carbons (Fsp3) is 0.360. The Labute approximate surface area is 207 Å². The van der Waals surface area contributed by atoms with Gasteiger partial charge >= 0.3 is 6.18 Å². The van der Waals surface area contributed by atoms with E-state index in [4.69, 9.17) is 0 Å². The number of amides is 2. The molecule has 1 N–H and O–H groups in total. The minimum absolute atomic E-state index is 0.0799. The fourth-order valence-electron chi connectivity index (χ4n) is 4.72. The van der Waals surface area contributed by atoms with Crippen LogP contribution in [0.4, 0.5) is 18.9 Å². The smallest absolute Gasteiger partial charge is 0.346 e. The first-order valence-corrected chi connectivity index (χ1v) is 13.0. The molecule has 36 heavy (non-hydrogen) atoms. The monoisotopic (exact) mass is 521 g/mol. The van der Waals surface area contributed by atoms with Crippen molar-refractivity contribution in [3.8, 4) is 0 Å². The molecule has 0 spiro atoms. The van der Waals surface area contributed by atoms with Crippen LogP contribution in [-0.2, 0) is 21.0 Å². The zero-order valence-electron chi connectivity index (χ0n) is 19.4. The van der Waals surface area contributed by atoms with Crippen molar-refractivity contribution in [2.24, 2.45) is 0 Å². The number of benzene rings is 2. The highest BCUT2D eigenvalue weighted by Gasteiger charge is 2.39. The third-order valence-electron chi connectivity index (χ3n) is 6.60. The summed E-state index contributed by atoms with van der Waals surface area (Å²) in [4.78, 5) is 26.0. The molecule has 192 valence electrons. The molecule has 2 aromatic carbocycles. The second-order valence-corrected chi connectivity index (χ2v) is 10.9. The molecule has 0 saturated carbocycles. The van der Waals surface area contributed by atoms with Gasteiger partial charge in [-0.05, 0) is 55.2 Å². The van der Waals surface area contributed by atoms with E-state index in [2.05, 4.69) is 11.9 Å². The van der Waals surface area contributed by atoms with Crippen LogP contribution in [0, 0.1) is 0 Å². The van der Waals surface area contributed by atoms with Crippen LogP contribution in [0.2, 0.25) is 0 Å². The number of hydrogen-bond acceptors (Lipinski definition) is 4. The summed E-state index contributed by atoms with van der Waals surface area (Å²) in [6, 6.07) is 10.9. The summed E-state index contributed by atoms with van der Waals surface area (Å²) in [5.41, 5.74) is 0.209. The van der Waals surface area contributed by atoms with Crippen LogP contribution in [0.15, 0.2) is 61.2 Å². The number of halogens is 3. The molecule has 2 aliphatic rings. The highest BCUT2D eigenvalue weighted by molar-refractivity contribution is 7.93. The second kappa shape index (κ2) is 9.96. The number of fused-ring (bicyclic) bond motifs is 1. The van der Waals surface area contributed by atoms with E-state index in [1.54, 1.807) is 24.3 Å². The van der Waals surface area contributed by atoms with Crippen molar-refractivity contribution in [2.45, 2.75) is 36.7 Å². The first-order chi connectivity index (χ1) is 17.0. The van der Waals surface area contributed by atoms with E-state index in [1.807, 2.05) is 0 Å². The highest BCUT2D eigenvalue weighted by atomic mass is 32.2. The molecule has 0 aromatic heterocycles. The predicted octanol–water partition coefficient (Wildman–Crippen LogP) is 3.89. The average Bonchev–Trinajstić information content (AvgIpc) is 2.88. The molecule has 4 rings (SSSR count). The number of carbonyl (C=O) groups is 2. The summed E-state index contributed by atoms with van der Waals surface area (Å²) in [7, 11) is -3.78. The molecule has 1 saturated heterocycles. The van der Waals surface area contributed by atoms with Gasteiger partial charge in [-0.15, -0.1) is 0 Å². The first-order valence-electron chi connectivity index (χ1n) is 11.5. The topological polar surface area (TPSA) is 86.8 Å². The van der Waals surface area contributed by atoms with Crippen LogP contribution in [-0.4, -0.2) is 50.0 Å². The molecule has 1 atom stereocenters. The van der Waals surface area contributed by atoms with Crippen LogP contribution >= 0.6 is 0 Å². The first kappa shape index (κ1) is 25.7. The van der Waals surface area contributed by atoms with Gasteiger partial charge in [-0.25, -0.2) is 8.42 Å². The molecule has 2 aliphatic heterocycles. The number of sulfonamides is 1. The van der Waals surface area contributed by atoms with E-state index in [0.29, 0.717) is 17.7 Å². The average molecular weight is 522 g/mol. The van der Waals surface area contributed by atoms with Crippen LogP contribution in [0.5, 0.6) is 0 Å². The molecular formula is C25H26F3N3O4S. The minimum Gasteiger partial charge on any atom is -0.346 e. The van der Waals surface area contributed by atoms with Gasteiger partial charge in [-0.2, -0.15) is 13.2 Å². The number of nitrogens with zero attached hydrogens (tertiary/aromatic N) is 2. The molecule has 0 aliphatic carbocycles. The van der Waals surface area contributed by atoms with Crippen molar-refractivity contribution in [3.63, 3.8) is 0 Å². The summed E-state index contributed by atoms with van der Waals surface area (Å²) >= 11 is 0. The van der Waals surface area contributed by atoms with Crippen LogP contribution in [0.25, 0.3) is 0 Å². The maximum absolute atomic E-state index is 13.6. The summed E-state index contributed by atoms with van der Waals surface area (Å²) in [5.74, 6) is -0.898. The Kier molecular flexibility index (Phi) is 7.12. The summed E-state index contributed by atoms with van der Waals surface area (Å²) in [6.45, 7) is 3.87. The molecule has 1 unspecified atom stereocenters. The van der Waals surface area contributed by atoms with Crippen molar-refractivity contribution in [2.75, 3.05) is 23.9 Å². The fourth-order valence-corrected chi connectivity index (χ4v) is 6.69. The number of hydrogen-bond donors (Lipinski definition) is 1. The number of likely N-dealkylation sites (tertiary alicyclic amines) is 1. The van der Waals surface area contributed by atoms with E-state index in [1.165, 1.54) is 27.4 Å². The van der Waals surface area contributed by atoms with Gasteiger partial charge in [0.05, 0.1) is 22.5 Å². The number of carbonyl (C=O) groups excluding carboxylic acids is 2. The third kappa shape index (κ3) is 5.11. The van der Waals surface area contributed by atoms with Gasteiger partial charge in [0.25, 0.3) is 5.91 Å². The lowest BCUT2D eigenvalue weighted by Gasteiger charge is -2.39. The van der Waals surface area contributed by atoms with E-state index in [0.717, 1.165) is 12.1 Å². The normalized spacial score (nSPS) is 18.9. The van der Waals surface area contributed by atoms with Gasteiger partial charge in [-0.1, -0.05) is 30.8 Å². The van der Waals surface area contributed by atoms with Crippen molar-refractivity contribution >= 4 is 27.5 Å². The van der Waals surface area contributed by atoms with E-state index in [-0.39, 0.29) is 50.0 Å². The molecule has 0 bridgehead atoms. The molecule has 0 radical (unpaired) electrons. The quantitative estimate of drug-likeness (QED) is 0.605. The third-order valence-corrected chi connectivity index (χ3v) is 8.91. The number of alkyl halides is 3. The molecule has 2 aromatic rings. The van der Waals surface area contributed by atoms with Crippen LogP contribution in [0.3, 0.4) is 0 Å². The standard InChI is InChI=1S/C25H26F3N3O4S/c1-2-23(32)29-21-12-15-31(22-9-4-3-8-20(21)22)36(34,35)19-10-13-30(14-11-19)24(33)17-6-5-7-18(16-17)25(26,27)28/h2-9,16,19,21H,1,10-15H2,(H,29,32). The summed E-state index contributed by atoms with van der Waals surface area (Å²) in [6.07, 6.45) is -2.66. The SMILES string of the molecule is C=CC(=O)NC1CCN(S(=O)(=O)C2CCN(C(=O)c3cccc(C(F)(F)F)c3)CC2)c2ccccc21. The number of anilines is 1. The van der Waals surface area contributed by atoms with E-state index in [9.17, 15) is 31.2 Å². The number of nitrogens with one attached hydrogen (secondary N) is 1. The molecule has 2 amide bonds. The molecule has 1 fully saturated rings. The Morgan fingerprint density at radius 1 is 1.00 bits per heavy atom. The van der Waals surface area contributed by atoms with Crippen LogP contribution < -0.4 is 9.62 Å². The van der Waals surface area contributed by atoms with Crippen molar-refractivity contribution in [1.82, 2.24) is 10.2 Å². The van der Waals surface area contributed by atoms with Gasteiger partial charge in [-0.3, -0.25) is 13.9 Å². The molecule has 2 heterocycles. The van der Waals surface area contributed by atoms with Gasteiger partial charge in [0.2, 0.25) is 15.9 Å². The maximum atomic E-state index is 13.6. The summed E-state index contributed by atoms with van der Waals surface area (Å²) in [5, 5.41) is 2.09. The molecule has 11 heteroatoms. The molecule has 7 nitrogen and oxygen atoms in total. The number of piperidine rings is 1. The van der Waals surface area contributed by atoms with E-state index >= 15 is 0 Å². The van der Waals surface area contributed by atoms with Crippen LogP contribution in [0.1, 0.15) is 46.8 Å². The lowest BCUT2D eigenvalue weighted by Crippen LogP contribution is -2.49. The van der Waals surface area contributed by atoms with Gasteiger partial charge in [0, 0.05) is 25.2 Å². The van der Waals surface area contributed by atoms with E-state index < -0.39 is 32.9 Å². The summed E-state index contributed by atoms with van der Waals surface area (Å²) < 4.78 is 67.6. The Morgan fingerprint density at radius 3 is 2.36 bits per heavy atom. The number of para-hydroxylation sites is 1. The Bertz CT molecular complexity index is 1270. The van der Waals surface area contributed by atoms with Gasteiger partial charge in [0.1, 0.15) is 0 Å². The largest absolute Gasteiger partial charge is 0.416 e. The lowest BCUT2D eigenvalue weighted by atomic mass is 9.98. The number of rotatable bonds is 5. The highest BCUT2D eigenvalue weighted by Crippen LogP contribution is 2.37. The molecular weight excluding hydrogens is 495 g/mol. The second-order valence-electron chi connectivity index (χ2n) is 8.80. The Morgan fingerprint density at radius 2 is 1.69 bits per heavy atom. The van der Waals surface area contributed by atoms with Gasteiger partial charge in [0.15, 0.2) is 0 Å². The predicted molar refractivity (Wildman–Crippen MR) is 129 cm³/mol. The minimum atomic E-state index is -4.56. The Balaban J connectivity index is 1.47. The zero-order chi connectivity index (χ0) is 26.1. The van der Waals surface area contributed by atoms with Gasteiger partial charge < -0.3 is 10.2 Å². The zero-order valence-corrected chi connectivity index (χ0v) is 20.2. The van der Waals surface area contributed by atoms with Crippen molar-refractivity contribution < 1.29 is 31.2 Å². The lowest BCUT2D eigenvalue weighted by molar-refractivity contribution is -0.137. The van der Waals surface area contributed by atoms with Crippen molar-refractivity contribution in [3.05, 3.63) is 77.9 Å². The Hall–Kier alpha value is -3.34. The van der Waals surface area contributed by atoms with Crippen molar-refractivity contribution in [1.29, 1.82) is 0 Å². The maximum Gasteiger partial charge on any atom is 0.416 e.